The van der Waals surface area contributed by atoms with Crippen molar-refractivity contribution in [2.45, 2.75) is 64.2 Å². The summed E-state index contributed by atoms with van der Waals surface area (Å²) < 4.78 is 2.32. The van der Waals surface area contributed by atoms with E-state index in [1.165, 1.54) is 53.2 Å². The number of para-hydroxylation sites is 2. The molecule has 0 radical (unpaired) electrons. The van der Waals surface area contributed by atoms with Crippen molar-refractivity contribution in [2.75, 3.05) is 25.5 Å². The lowest BCUT2D eigenvalue weighted by Gasteiger charge is -2.27. The SMILES string of the molecule is CN=CCCCCCN1/C(=C/C=C/C=C/C2=[N+](C)c3ccccc3C2(C)C)C(C)(C)c2ccccc21. The summed E-state index contributed by atoms with van der Waals surface area (Å²) in [6.07, 6.45) is 17.9. The van der Waals surface area contributed by atoms with Gasteiger partial charge in [-0.2, -0.15) is 4.58 Å². The van der Waals surface area contributed by atoms with E-state index in [2.05, 4.69) is 128 Å². The fraction of sp³-hybridized carbons (Fsp3) is 0.394. The summed E-state index contributed by atoms with van der Waals surface area (Å²) in [7, 11) is 4.03. The molecule has 0 atom stereocenters. The van der Waals surface area contributed by atoms with Crippen LogP contribution in [0.4, 0.5) is 11.4 Å². The van der Waals surface area contributed by atoms with Crippen molar-refractivity contribution in [1.82, 2.24) is 0 Å². The molecular weight excluding hydrogens is 438 g/mol. The molecule has 0 bridgehead atoms. The third kappa shape index (κ3) is 4.89. The van der Waals surface area contributed by atoms with Gasteiger partial charge in [-0.25, -0.2) is 0 Å². The average molecular weight is 481 g/mol. The minimum Gasteiger partial charge on any atom is -0.344 e. The maximum absolute atomic E-state index is 4.11. The second-order valence-electron chi connectivity index (χ2n) is 11.0. The summed E-state index contributed by atoms with van der Waals surface area (Å²) in [5.41, 5.74) is 8.16. The van der Waals surface area contributed by atoms with Gasteiger partial charge < -0.3 is 9.89 Å². The molecular formula is C33H42N3+. The average Bonchev–Trinajstić information content (AvgIpc) is 3.20. The van der Waals surface area contributed by atoms with Gasteiger partial charge in [0.2, 0.25) is 5.69 Å². The predicted octanol–water partition coefficient (Wildman–Crippen LogP) is 7.75. The Labute approximate surface area is 218 Å². The third-order valence-corrected chi connectivity index (χ3v) is 7.87. The number of nitrogens with zero attached hydrogens (tertiary/aromatic N) is 3. The zero-order valence-electron chi connectivity index (χ0n) is 23.0. The van der Waals surface area contributed by atoms with E-state index in [9.17, 15) is 0 Å². The van der Waals surface area contributed by atoms with Crippen LogP contribution in [0.3, 0.4) is 0 Å². The zero-order valence-corrected chi connectivity index (χ0v) is 23.0. The highest BCUT2D eigenvalue weighted by atomic mass is 15.2. The number of aliphatic imine (C=N–C) groups is 1. The van der Waals surface area contributed by atoms with E-state index in [0.717, 1.165) is 13.0 Å². The molecule has 3 nitrogen and oxygen atoms in total. The summed E-state index contributed by atoms with van der Waals surface area (Å²) in [6, 6.07) is 17.6. The number of hydrogen-bond acceptors (Lipinski definition) is 2. The van der Waals surface area contributed by atoms with Gasteiger partial charge in [0.05, 0.1) is 5.41 Å². The van der Waals surface area contributed by atoms with Crippen molar-refractivity contribution < 1.29 is 4.58 Å². The van der Waals surface area contributed by atoms with Crippen LogP contribution in [0.2, 0.25) is 0 Å². The van der Waals surface area contributed by atoms with Crippen LogP contribution < -0.4 is 4.90 Å². The van der Waals surface area contributed by atoms with E-state index < -0.39 is 0 Å². The quantitative estimate of drug-likeness (QED) is 0.155. The van der Waals surface area contributed by atoms with Crippen LogP contribution in [0, 0.1) is 0 Å². The number of rotatable bonds is 9. The van der Waals surface area contributed by atoms with Crippen LogP contribution in [-0.2, 0) is 10.8 Å². The summed E-state index contributed by atoms with van der Waals surface area (Å²) in [4.78, 5) is 6.64. The highest BCUT2D eigenvalue weighted by Gasteiger charge is 2.42. The highest BCUT2D eigenvalue weighted by molar-refractivity contribution is 6.03. The first-order valence-corrected chi connectivity index (χ1v) is 13.3. The standard InChI is InChI=1S/C33H42N3/c1-32(2)26-18-12-14-20-28(26)35(6)30(32)22-10-9-11-23-31-33(3,4)27-19-13-15-21-29(27)36(31)25-17-8-7-16-24-34-5/h9-15,18-24H,7-8,16-17,25H2,1-6H3/q+1. The van der Waals surface area contributed by atoms with Gasteiger partial charge in [-0.15, -0.1) is 0 Å². The van der Waals surface area contributed by atoms with Crippen molar-refractivity contribution in [2.24, 2.45) is 4.99 Å². The van der Waals surface area contributed by atoms with Crippen LogP contribution in [0.25, 0.3) is 0 Å². The molecule has 3 heteroatoms. The van der Waals surface area contributed by atoms with Crippen LogP contribution >= 0.6 is 0 Å². The normalized spacial score (nSPS) is 19.4. The number of anilines is 1. The molecule has 0 N–H and O–H groups in total. The molecule has 0 aromatic heterocycles. The molecule has 2 aliphatic rings. The Morgan fingerprint density at radius 1 is 0.833 bits per heavy atom. The molecule has 0 unspecified atom stereocenters. The molecule has 2 heterocycles. The lowest BCUT2D eigenvalue weighted by atomic mass is 9.81. The Kier molecular flexibility index (Phi) is 7.78. The molecule has 2 aliphatic heterocycles. The van der Waals surface area contributed by atoms with E-state index in [1.54, 1.807) is 0 Å². The van der Waals surface area contributed by atoms with Crippen molar-refractivity contribution in [3.8, 4) is 0 Å². The van der Waals surface area contributed by atoms with Gasteiger partial charge in [0.1, 0.15) is 7.05 Å². The Bertz CT molecular complexity index is 1240. The van der Waals surface area contributed by atoms with E-state index in [0.29, 0.717) is 0 Å². The van der Waals surface area contributed by atoms with Crippen molar-refractivity contribution in [3.63, 3.8) is 0 Å². The van der Waals surface area contributed by atoms with Gasteiger partial charge >= 0.3 is 0 Å². The first-order valence-electron chi connectivity index (χ1n) is 13.3. The first kappa shape index (κ1) is 25.9. The van der Waals surface area contributed by atoms with Crippen molar-refractivity contribution in [1.29, 1.82) is 0 Å². The largest absolute Gasteiger partial charge is 0.344 e. The van der Waals surface area contributed by atoms with Gasteiger partial charge in [-0.1, -0.05) is 74.9 Å². The van der Waals surface area contributed by atoms with Crippen LogP contribution in [0.15, 0.2) is 89.6 Å². The minimum absolute atomic E-state index is 0.00299. The molecule has 0 spiro atoms. The van der Waals surface area contributed by atoms with E-state index in [4.69, 9.17) is 0 Å². The number of benzene rings is 2. The van der Waals surface area contributed by atoms with Crippen LogP contribution in [0.1, 0.15) is 64.5 Å². The molecule has 188 valence electrons. The third-order valence-electron chi connectivity index (χ3n) is 7.87. The molecule has 2 aromatic carbocycles. The maximum Gasteiger partial charge on any atom is 0.209 e. The van der Waals surface area contributed by atoms with Crippen molar-refractivity contribution >= 4 is 23.3 Å². The molecule has 0 fully saturated rings. The summed E-state index contributed by atoms with van der Waals surface area (Å²) >= 11 is 0. The van der Waals surface area contributed by atoms with Gasteiger partial charge in [-0.3, -0.25) is 0 Å². The number of hydrogen-bond donors (Lipinski definition) is 0. The zero-order chi connectivity index (χ0) is 25.8. The van der Waals surface area contributed by atoms with Gasteiger partial charge in [0.25, 0.3) is 0 Å². The van der Waals surface area contributed by atoms with Gasteiger partial charge in [-0.05, 0) is 57.0 Å². The second-order valence-corrected chi connectivity index (χ2v) is 11.0. The Hall–Kier alpha value is -3.20. The Morgan fingerprint density at radius 3 is 2.31 bits per heavy atom. The lowest BCUT2D eigenvalue weighted by molar-refractivity contribution is -0.401. The first-order chi connectivity index (χ1) is 17.3. The smallest absolute Gasteiger partial charge is 0.209 e. The molecule has 0 aliphatic carbocycles. The minimum atomic E-state index is -0.0103. The number of allylic oxidation sites excluding steroid dienone is 6. The number of unbranched alkanes of at least 4 members (excludes halogenated alkanes) is 3. The topological polar surface area (TPSA) is 18.6 Å². The molecule has 0 saturated carbocycles. The van der Waals surface area contributed by atoms with Crippen molar-refractivity contribution in [3.05, 3.63) is 95.7 Å². The Balaban J connectivity index is 1.51. The Morgan fingerprint density at radius 2 is 1.56 bits per heavy atom. The fourth-order valence-corrected chi connectivity index (χ4v) is 5.85. The van der Waals surface area contributed by atoms with E-state index in [1.807, 2.05) is 13.3 Å². The fourth-order valence-electron chi connectivity index (χ4n) is 5.85. The maximum atomic E-state index is 4.11. The summed E-state index contributed by atoms with van der Waals surface area (Å²) in [5.74, 6) is 0. The van der Waals surface area contributed by atoms with E-state index >= 15 is 0 Å². The van der Waals surface area contributed by atoms with Gasteiger partial charge in [0, 0.05) is 48.1 Å². The second kappa shape index (κ2) is 10.8. The monoisotopic (exact) mass is 480 g/mol. The number of fused-ring (bicyclic) bond motifs is 2. The molecule has 2 aromatic rings. The lowest BCUT2D eigenvalue weighted by Crippen LogP contribution is -2.27. The predicted molar refractivity (Wildman–Crippen MR) is 156 cm³/mol. The van der Waals surface area contributed by atoms with Gasteiger partial charge in [0.15, 0.2) is 5.71 Å². The molecule has 4 rings (SSSR count). The molecule has 0 saturated heterocycles. The highest BCUT2D eigenvalue weighted by Crippen LogP contribution is 2.47. The van der Waals surface area contributed by atoms with Crippen LogP contribution in [0.5, 0.6) is 0 Å². The molecule has 0 amide bonds. The van der Waals surface area contributed by atoms with E-state index in [-0.39, 0.29) is 10.8 Å². The van der Waals surface area contributed by atoms with Crippen LogP contribution in [-0.4, -0.2) is 37.1 Å². The summed E-state index contributed by atoms with van der Waals surface area (Å²) in [6.45, 7) is 10.4. The summed E-state index contributed by atoms with van der Waals surface area (Å²) in [5, 5.41) is 0. The molecule has 36 heavy (non-hydrogen) atoms.